The van der Waals surface area contributed by atoms with Gasteiger partial charge in [-0.1, -0.05) is 18.2 Å². The van der Waals surface area contributed by atoms with E-state index in [1.165, 1.54) is 18.2 Å². The molecule has 0 bridgehead atoms. The van der Waals surface area contributed by atoms with Gasteiger partial charge >= 0.3 is 11.9 Å². The summed E-state index contributed by atoms with van der Waals surface area (Å²) >= 11 is 0. The first-order valence-corrected chi connectivity index (χ1v) is 16.5. The summed E-state index contributed by atoms with van der Waals surface area (Å²) in [6, 6.07) is 0. The highest BCUT2D eigenvalue weighted by atomic mass is 16.8. The molecule has 4 aliphatic rings. The first-order valence-electron chi connectivity index (χ1n) is 16.5. The molecule has 2 saturated heterocycles. The summed E-state index contributed by atoms with van der Waals surface area (Å²) < 4.78 is 43.7. The predicted molar refractivity (Wildman–Crippen MR) is 173 cm³/mol. The van der Waals surface area contributed by atoms with E-state index < -0.39 is 123 Å². The van der Waals surface area contributed by atoms with Gasteiger partial charge in [-0.15, -0.1) is 13.2 Å². The van der Waals surface area contributed by atoms with Crippen molar-refractivity contribution in [3.05, 3.63) is 60.6 Å². The normalized spacial score (nSPS) is 40.4. The Morgan fingerprint density at radius 1 is 0.698 bits per heavy atom. The zero-order valence-electron chi connectivity index (χ0n) is 28.8. The molecule has 0 radical (unpaired) electrons. The van der Waals surface area contributed by atoms with Gasteiger partial charge in [0.2, 0.25) is 12.6 Å². The molecule has 8 N–H and O–H groups in total. The van der Waals surface area contributed by atoms with Crippen LogP contribution >= 0.6 is 0 Å². The van der Waals surface area contributed by atoms with Crippen molar-refractivity contribution in [2.24, 2.45) is 23.7 Å². The van der Waals surface area contributed by atoms with Crippen LogP contribution in [-0.4, -0.2) is 161 Å². The van der Waals surface area contributed by atoms with Crippen molar-refractivity contribution in [1.29, 1.82) is 0 Å². The molecule has 0 aromatic carbocycles. The van der Waals surface area contributed by atoms with Crippen LogP contribution < -0.4 is 0 Å². The fourth-order valence-corrected chi connectivity index (χ4v) is 6.58. The predicted octanol–water partition coefficient (Wildman–Crippen LogP) is -3.20. The third-order valence-electron chi connectivity index (χ3n) is 9.59. The van der Waals surface area contributed by atoms with Gasteiger partial charge in [-0.05, 0) is 12.0 Å². The van der Waals surface area contributed by atoms with E-state index in [1.807, 2.05) is 0 Å². The highest BCUT2D eigenvalue weighted by Crippen LogP contribution is 2.41. The molecule has 4 aliphatic heterocycles. The summed E-state index contributed by atoms with van der Waals surface area (Å²) in [5.41, 5.74) is -0.223. The Kier molecular flexibility index (Phi) is 14.8. The molecular weight excluding hydrogens is 712 g/mol. The van der Waals surface area contributed by atoms with Crippen molar-refractivity contribution >= 4 is 18.2 Å². The van der Waals surface area contributed by atoms with Crippen molar-refractivity contribution in [3.8, 4) is 0 Å². The monoisotopic (exact) mass is 758 g/mol. The average Bonchev–Trinajstić information content (AvgIpc) is 3.17. The lowest BCUT2D eigenvalue weighted by Gasteiger charge is -2.43. The second kappa shape index (κ2) is 18.7. The fourth-order valence-electron chi connectivity index (χ4n) is 6.58. The van der Waals surface area contributed by atoms with Crippen molar-refractivity contribution in [2.45, 2.75) is 80.4 Å². The van der Waals surface area contributed by atoms with Crippen LogP contribution in [0.25, 0.3) is 0 Å². The van der Waals surface area contributed by atoms with Crippen molar-refractivity contribution < 1.29 is 93.1 Å². The van der Waals surface area contributed by atoms with Crippen LogP contribution in [0.4, 0.5) is 0 Å². The Balaban J connectivity index is 1.66. The van der Waals surface area contributed by atoms with Crippen molar-refractivity contribution in [3.63, 3.8) is 0 Å². The highest BCUT2D eigenvalue weighted by molar-refractivity contribution is 5.92. The van der Waals surface area contributed by atoms with Crippen molar-refractivity contribution in [1.82, 2.24) is 0 Å². The second-order valence-corrected chi connectivity index (χ2v) is 12.6. The van der Waals surface area contributed by atoms with Gasteiger partial charge in [-0.3, -0.25) is 4.79 Å². The van der Waals surface area contributed by atoms with Gasteiger partial charge < -0.3 is 78.7 Å². The van der Waals surface area contributed by atoms with Crippen molar-refractivity contribution in [2.75, 3.05) is 27.4 Å². The molecule has 0 saturated carbocycles. The molecule has 0 aromatic rings. The van der Waals surface area contributed by atoms with Crippen LogP contribution in [0.2, 0.25) is 0 Å². The van der Waals surface area contributed by atoms with Gasteiger partial charge in [0, 0.05) is 17.8 Å². The molecule has 19 nitrogen and oxygen atoms in total. The number of esters is 2. The molecule has 0 aliphatic carbocycles. The number of methoxy groups -OCH3 is 2. The topological polar surface area (TPSA) is 287 Å². The molecule has 53 heavy (non-hydrogen) atoms. The number of aliphatic hydroxyl groups is 8. The minimum absolute atomic E-state index is 0.0210. The number of hydrogen-bond donors (Lipinski definition) is 8. The largest absolute Gasteiger partial charge is 0.471 e. The maximum atomic E-state index is 13.0. The Labute approximate surface area is 303 Å². The minimum atomic E-state index is -1.81. The van der Waals surface area contributed by atoms with E-state index in [0.29, 0.717) is 6.29 Å². The lowest BCUT2D eigenvalue weighted by atomic mass is 9.76. The summed E-state index contributed by atoms with van der Waals surface area (Å²) in [5.74, 6) is -5.82. The van der Waals surface area contributed by atoms with Gasteiger partial charge in [0.05, 0.1) is 57.0 Å². The van der Waals surface area contributed by atoms with E-state index >= 15 is 0 Å². The third kappa shape index (κ3) is 8.72. The summed E-state index contributed by atoms with van der Waals surface area (Å²) in [6.07, 6.45) is -12.7. The standard InChI is InChI=1S/C34H46O19/c1-5-15-17(18(29(44)46-3)12-48-31(15)52-33-27(42)25(40)23(38)20(10-36)50-33)8-7-14(9-35)22-16(6-2)32(49-13-19(22)30(45)47-4)53-34-28(43)26(41)24(39)21(11-37)51-34/h5-7,9,12-13,15-17,20-28,31-34,36-43H,1-2,8,10-11H2,3-4H3/b14-7+/t15-,16-,17?,20-,21-,22+,23-,24-,25+,26+,27-,28-,31+,32+,33+,34+/m1/s1. The number of carbonyl (C=O) groups is 3. The first kappa shape index (κ1) is 42.2. The van der Waals surface area contributed by atoms with E-state index in [4.69, 9.17) is 37.9 Å². The molecular formula is C34H46O19. The Morgan fingerprint density at radius 3 is 1.58 bits per heavy atom. The number of ether oxygens (including phenoxy) is 8. The molecule has 16 atom stereocenters. The average molecular weight is 759 g/mol. The molecule has 296 valence electrons. The van der Waals surface area contributed by atoms with Gasteiger partial charge in [0.25, 0.3) is 0 Å². The Hall–Kier alpha value is -3.57. The van der Waals surface area contributed by atoms with Crippen LogP contribution in [0, 0.1) is 23.7 Å². The summed E-state index contributed by atoms with van der Waals surface area (Å²) in [4.78, 5) is 38.7. The highest BCUT2D eigenvalue weighted by Gasteiger charge is 2.50. The van der Waals surface area contributed by atoms with E-state index in [1.54, 1.807) is 0 Å². The number of allylic oxidation sites excluding steroid dienone is 2. The zero-order valence-corrected chi connectivity index (χ0v) is 28.8. The van der Waals surface area contributed by atoms with Crippen LogP contribution in [0.15, 0.2) is 60.6 Å². The number of aliphatic hydroxyl groups excluding tert-OH is 8. The molecule has 0 amide bonds. The SMILES string of the molecule is C=C[C@H]1[C@H](O[C@@H]2O[C@H](CO)[C@@H](O)[C@H](O)[C@H]2O)OC=C(C(=O)OC)[C@H]1/C(C=O)=C/CC1C(C(=O)OC)=CO[C@@H](O[C@@H]2O[C@H](CO)[C@@H](O)[C@H](O)[C@H]2O)[C@@H]1C=C. The van der Waals surface area contributed by atoms with Gasteiger partial charge in [0.1, 0.15) is 55.1 Å². The number of hydrogen-bond acceptors (Lipinski definition) is 19. The summed E-state index contributed by atoms with van der Waals surface area (Å²) in [7, 11) is 2.23. The first-order chi connectivity index (χ1) is 25.3. The minimum Gasteiger partial charge on any atom is -0.471 e. The molecule has 0 spiro atoms. The van der Waals surface area contributed by atoms with E-state index in [-0.39, 0.29) is 23.1 Å². The third-order valence-corrected chi connectivity index (χ3v) is 9.59. The smallest absolute Gasteiger partial charge is 0.337 e. The van der Waals surface area contributed by atoms with E-state index in [9.17, 15) is 55.2 Å². The summed E-state index contributed by atoms with van der Waals surface area (Å²) in [5, 5.41) is 81.1. The van der Waals surface area contributed by atoms with Crippen LogP contribution in [-0.2, 0) is 52.3 Å². The summed E-state index contributed by atoms with van der Waals surface area (Å²) in [6.45, 7) is 6.16. The van der Waals surface area contributed by atoms with Crippen LogP contribution in [0.1, 0.15) is 6.42 Å². The van der Waals surface area contributed by atoms with Crippen LogP contribution in [0.3, 0.4) is 0 Å². The quantitative estimate of drug-likeness (QED) is 0.0375. The lowest BCUT2D eigenvalue weighted by molar-refractivity contribution is -0.339. The maximum Gasteiger partial charge on any atom is 0.337 e. The van der Waals surface area contributed by atoms with Gasteiger partial charge in [-0.25, -0.2) is 9.59 Å². The Bertz CT molecular complexity index is 1410. The van der Waals surface area contributed by atoms with Gasteiger partial charge in [-0.2, -0.15) is 0 Å². The van der Waals surface area contributed by atoms with E-state index in [2.05, 4.69) is 13.2 Å². The van der Waals surface area contributed by atoms with Crippen LogP contribution in [0.5, 0.6) is 0 Å². The number of rotatable bonds is 14. The molecule has 1 unspecified atom stereocenters. The molecule has 4 heterocycles. The molecule has 19 heteroatoms. The lowest BCUT2D eigenvalue weighted by Crippen LogP contribution is -2.60. The fraction of sp³-hybridized carbons (Fsp3) is 0.618. The molecule has 0 aromatic heterocycles. The maximum absolute atomic E-state index is 13.0. The molecule has 2 fully saturated rings. The van der Waals surface area contributed by atoms with E-state index in [0.717, 1.165) is 26.7 Å². The Morgan fingerprint density at radius 2 is 1.15 bits per heavy atom. The van der Waals surface area contributed by atoms with Gasteiger partial charge in [0.15, 0.2) is 12.6 Å². The number of carbonyl (C=O) groups excluding carboxylic acids is 3. The zero-order chi connectivity index (χ0) is 39.1. The number of aldehydes is 1. The molecule has 4 rings (SSSR count). The second-order valence-electron chi connectivity index (χ2n) is 12.6.